The molecule has 1 aromatic carbocycles. The number of nitrogens with one attached hydrogen (secondary N) is 1. The van der Waals surface area contributed by atoms with E-state index in [4.69, 9.17) is 4.42 Å². The number of carbonyl (C=O) groups excluding carboxylic acids is 2. The van der Waals surface area contributed by atoms with E-state index in [1.807, 2.05) is 36.9 Å². The normalized spacial score (nSPS) is 16.3. The molecule has 1 aromatic heterocycles. The maximum Gasteiger partial charge on any atom is 0.287 e. The highest BCUT2D eigenvalue weighted by molar-refractivity contribution is 5.95. The summed E-state index contributed by atoms with van der Waals surface area (Å²) in [7, 11) is 0. The molecule has 1 N–H and O–H groups in total. The Labute approximate surface area is 160 Å². The Kier molecular flexibility index (Phi) is 6.29. The topological polar surface area (TPSA) is 65.8 Å². The Morgan fingerprint density at radius 1 is 1.04 bits per heavy atom. The van der Waals surface area contributed by atoms with Crippen LogP contribution in [0.15, 0.2) is 53.1 Å². The van der Waals surface area contributed by atoms with Gasteiger partial charge in [-0.1, -0.05) is 44.2 Å². The fourth-order valence-corrected chi connectivity index (χ4v) is 3.30. The lowest BCUT2D eigenvalue weighted by atomic mass is 10.0. The van der Waals surface area contributed by atoms with Gasteiger partial charge in [-0.15, -0.1) is 0 Å². The van der Waals surface area contributed by atoms with Crippen molar-refractivity contribution < 1.29 is 14.0 Å². The third-order valence-corrected chi connectivity index (χ3v) is 4.90. The molecular weight excluding hydrogens is 342 g/mol. The number of amides is 2. The Bertz CT molecular complexity index is 735. The molecule has 0 aliphatic carbocycles. The average molecular weight is 369 g/mol. The van der Waals surface area contributed by atoms with Crippen molar-refractivity contribution >= 4 is 11.8 Å². The van der Waals surface area contributed by atoms with Gasteiger partial charge in [-0.25, -0.2) is 0 Å². The van der Waals surface area contributed by atoms with E-state index in [1.165, 1.54) is 11.8 Å². The van der Waals surface area contributed by atoms with E-state index in [0.29, 0.717) is 13.1 Å². The molecule has 1 atom stereocenters. The summed E-state index contributed by atoms with van der Waals surface area (Å²) in [5.74, 6) is -0.154. The van der Waals surface area contributed by atoms with E-state index < -0.39 is 6.04 Å². The van der Waals surface area contributed by atoms with Crippen LogP contribution in [-0.2, 0) is 11.3 Å². The third kappa shape index (κ3) is 4.98. The lowest BCUT2D eigenvalue weighted by Gasteiger charge is -2.37. The summed E-state index contributed by atoms with van der Waals surface area (Å²) >= 11 is 0. The van der Waals surface area contributed by atoms with Crippen molar-refractivity contribution in [3.8, 4) is 0 Å². The molecule has 0 bridgehead atoms. The van der Waals surface area contributed by atoms with E-state index in [-0.39, 0.29) is 23.5 Å². The summed E-state index contributed by atoms with van der Waals surface area (Å²) in [5.41, 5.74) is 1.28. The predicted molar refractivity (Wildman–Crippen MR) is 103 cm³/mol. The zero-order valence-corrected chi connectivity index (χ0v) is 15.9. The van der Waals surface area contributed by atoms with Crippen LogP contribution >= 0.6 is 0 Å². The van der Waals surface area contributed by atoms with Crippen LogP contribution < -0.4 is 5.32 Å². The van der Waals surface area contributed by atoms with Crippen molar-refractivity contribution in [1.82, 2.24) is 15.1 Å². The highest BCUT2D eigenvalue weighted by Gasteiger charge is 2.31. The molecule has 0 spiro atoms. The van der Waals surface area contributed by atoms with Crippen LogP contribution in [0, 0.1) is 5.92 Å². The molecule has 2 aromatic rings. The van der Waals surface area contributed by atoms with Gasteiger partial charge in [0, 0.05) is 32.7 Å². The second kappa shape index (κ2) is 8.86. The largest absolute Gasteiger partial charge is 0.459 e. The van der Waals surface area contributed by atoms with Crippen LogP contribution in [-0.4, -0.2) is 53.8 Å². The number of carbonyl (C=O) groups is 2. The summed E-state index contributed by atoms with van der Waals surface area (Å²) in [6, 6.07) is 13.1. The zero-order valence-electron chi connectivity index (χ0n) is 15.9. The number of nitrogens with zero attached hydrogens (tertiary/aromatic N) is 2. The lowest BCUT2D eigenvalue weighted by Crippen LogP contribution is -2.56. The van der Waals surface area contributed by atoms with Gasteiger partial charge in [-0.05, 0) is 23.6 Å². The first-order chi connectivity index (χ1) is 13.0. The quantitative estimate of drug-likeness (QED) is 0.849. The first-order valence-corrected chi connectivity index (χ1v) is 9.44. The smallest absolute Gasteiger partial charge is 0.287 e. The Morgan fingerprint density at radius 3 is 2.33 bits per heavy atom. The summed E-state index contributed by atoms with van der Waals surface area (Å²) in [5, 5.41) is 2.83. The van der Waals surface area contributed by atoms with Crippen molar-refractivity contribution in [2.45, 2.75) is 26.4 Å². The molecule has 6 heteroatoms. The van der Waals surface area contributed by atoms with Gasteiger partial charge in [0.2, 0.25) is 5.91 Å². The molecule has 6 nitrogen and oxygen atoms in total. The summed E-state index contributed by atoms with van der Waals surface area (Å²) in [6.07, 6.45) is 1.45. The predicted octanol–water partition coefficient (Wildman–Crippen LogP) is 2.38. The summed E-state index contributed by atoms with van der Waals surface area (Å²) < 4.78 is 5.13. The molecule has 1 aliphatic rings. The maximum atomic E-state index is 13.0. The number of hydrogen-bond acceptors (Lipinski definition) is 4. The zero-order chi connectivity index (χ0) is 19.2. The van der Waals surface area contributed by atoms with Crippen molar-refractivity contribution in [3.05, 3.63) is 60.1 Å². The molecule has 0 saturated carbocycles. The minimum Gasteiger partial charge on any atom is -0.459 e. The number of furan rings is 1. The van der Waals surface area contributed by atoms with E-state index in [9.17, 15) is 9.59 Å². The minimum absolute atomic E-state index is 0.00115. The third-order valence-electron chi connectivity index (χ3n) is 4.90. The first kappa shape index (κ1) is 19.2. The molecule has 144 valence electrons. The van der Waals surface area contributed by atoms with Crippen LogP contribution in [0.3, 0.4) is 0 Å². The molecule has 3 rings (SSSR count). The minimum atomic E-state index is -0.553. The monoisotopic (exact) mass is 369 g/mol. The molecule has 1 aliphatic heterocycles. The molecular formula is C21H27N3O3. The highest BCUT2D eigenvalue weighted by atomic mass is 16.3. The number of benzene rings is 1. The highest BCUT2D eigenvalue weighted by Crippen LogP contribution is 2.13. The average Bonchev–Trinajstić information content (AvgIpc) is 3.21. The maximum absolute atomic E-state index is 13.0. The van der Waals surface area contributed by atoms with E-state index >= 15 is 0 Å². The molecule has 2 amide bonds. The summed E-state index contributed by atoms with van der Waals surface area (Å²) in [4.78, 5) is 29.5. The first-order valence-electron chi connectivity index (χ1n) is 9.44. The van der Waals surface area contributed by atoms with E-state index in [1.54, 1.807) is 12.1 Å². The van der Waals surface area contributed by atoms with E-state index in [0.717, 1.165) is 19.6 Å². The van der Waals surface area contributed by atoms with Gasteiger partial charge in [0.05, 0.1) is 6.26 Å². The van der Waals surface area contributed by atoms with Crippen molar-refractivity contribution in [1.29, 1.82) is 0 Å². The van der Waals surface area contributed by atoms with Crippen LogP contribution in [0.25, 0.3) is 0 Å². The van der Waals surface area contributed by atoms with E-state index in [2.05, 4.69) is 22.3 Å². The molecule has 27 heavy (non-hydrogen) atoms. The Hall–Kier alpha value is -2.60. The molecule has 2 heterocycles. The van der Waals surface area contributed by atoms with Gasteiger partial charge in [0.25, 0.3) is 5.91 Å². The Balaban J connectivity index is 1.55. The lowest BCUT2D eigenvalue weighted by molar-refractivity contribution is -0.136. The van der Waals surface area contributed by atoms with Gasteiger partial charge in [0.15, 0.2) is 5.76 Å². The van der Waals surface area contributed by atoms with Gasteiger partial charge in [-0.2, -0.15) is 0 Å². The SMILES string of the molecule is CC(C)[C@@H](NC(=O)c1ccco1)C(=O)N1CCN(Cc2ccccc2)CC1. The second-order valence-electron chi connectivity index (χ2n) is 7.26. The van der Waals surface area contributed by atoms with Gasteiger partial charge in [0.1, 0.15) is 6.04 Å². The van der Waals surface area contributed by atoms with Crippen molar-refractivity contribution in [2.75, 3.05) is 26.2 Å². The van der Waals surface area contributed by atoms with Crippen molar-refractivity contribution in [3.63, 3.8) is 0 Å². The van der Waals surface area contributed by atoms with Gasteiger partial charge < -0.3 is 14.6 Å². The van der Waals surface area contributed by atoms with Gasteiger partial charge in [-0.3, -0.25) is 14.5 Å². The number of hydrogen-bond donors (Lipinski definition) is 1. The molecule has 0 radical (unpaired) electrons. The van der Waals surface area contributed by atoms with Crippen LogP contribution in [0.5, 0.6) is 0 Å². The summed E-state index contributed by atoms with van der Waals surface area (Å²) in [6.45, 7) is 7.78. The Morgan fingerprint density at radius 2 is 1.74 bits per heavy atom. The number of rotatable bonds is 6. The van der Waals surface area contributed by atoms with Crippen LogP contribution in [0.4, 0.5) is 0 Å². The fraction of sp³-hybridized carbons (Fsp3) is 0.429. The molecule has 1 saturated heterocycles. The van der Waals surface area contributed by atoms with Crippen molar-refractivity contribution in [2.24, 2.45) is 5.92 Å². The fourth-order valence-electron chi connectivity index (χ4n) is 3.30. The second-order valence-corrected chi connectivity index (χ2v) is 7.26. The van der Waals surface area contributed by atoms with Crippen LogP contribution in [0.2, 0.25) is 0 Å². The molecule has 0 unspecified atom stereocenters. The standard InChI is InChI=1S/C21H27N3O3/c1-16(2)19(22-20(25)18-9-6-14-27-18)21(26)24-12-10-23(11-13-24)15-17-7-4-3-5-8-17/h3-9,14,16,19H,10-13,15H2,1-2H3,(H,22,25)/t19-/m1/s1. The van der Waals surface area contributed by atoms with Gasteiger partial charge >= 0.3 is 0 Å². The molecule has 1 fully saturated rings. The number of piperazine rings is 1. The van der Waals surface area contributed by atoms with Crippen LogP contribution in [0.1, 0.15) is 30.0 Å².